The highest BCUT2D eigenvalue weighted by Crippen LogP contribution is 2.35. The van der Waals surface area contributed by atoms with Crippen LogP contribution in [0.15, 0.2) is 0 Å². The molecule has 0 unspecified atom stereocenters. The van der Waals surface area contributed by atoms with Crippen molar-refractivity contribution in [3.63, 3.8) is 0 Å². The molecule has 2 fully saturated rings. The average molecular weight is 225 g/mol. The fourth-order valence-electron chi connectivity index (χ4n) is 3.42. The van der Waals surface area contributed by atoms with Crippen molar-refractivity contribution in [3.8, 4) is 0 Å². The summed E-state index contributed by atoms with van der Waals surface area (Å²) < 4.78 is 3.00. The summed E-state index contributed by atoms with van der Waals surface area (Å²) in [6.07, 6.45) is 8.95. The summed E-state index contributed by atoms with van der Waals surface area (Å²) >= 11 is 0. The van der Waals surface area contributed by atoms with E-state index >= 15 is 0 Å². The zero-order valence-corrected chi connectivity index (χ0v) is 11.9. The molecule has 15 heavy (non-hydrogen) atoms. The standard InChI is InChI=1S/C13H27NSi/c1-13(2,3)14(15-10-7-11-15)12-8-5-4-6-9-12/h12,15H,4-11H2,1-3H3. The first-order chi connectivity index (χ1) is 7.09. The van der Waals surface area contributed by atoms with Gasteiger partial charge in [0.25, 0.3) is 0 Å². The second-order valence-corrected chi connectivity index (χ2v) is 9.47. The lowest BCUT2D eigenvalue weighted by Gasteiger charge is -2.50. The summed E-state index contributed by atoms with van der Waals surface area (Å²) in [5, 5.41) is 0. The molecular weight excluding hydrogens is 198 g/mol. The summed E-state index contributed by atoms with van der Waals surface area (Å²) in [6.45, 7) is 7.31. The maximum Gasteiger partial charge on any atom is 0.112 e. The van der Waals surface area contributed by atoms with Gasteiger partial charge in [0.15, 0.2) is 0 Å². The van der Waals surface area contributed by atoms with Crippen LogP contribution < -0.4 is 0 Å². The molecule has 1 saturated heterocycles. The van der Waals surface area contributed by atoms with Crippen LogP contribution in [0.1, 0.15) is 59.3 Å². The fourth-order valence-corrected chi connectivity index (χ4v) is 6.74. The predicted molar refractivity (Wildman–Crippen MR) is 69.8 cm³/mol. The molecule has 0 bridgehead atoms. The lowest BCUT2D eigenvalue weighted by atomic mass is 9.93. The zero-order valence-electron chi connectivity index (χ0n) is 10.8. The molecule has 0 aromatic carbocycles. The quantitative estimate of drug-likeness (QED) is 0.650. The minimum Gasteiger partial charge on any atom is -0.319 e. The van der Waals surface area contributed by atoms with E-state index in [1.807, 2.05) is 0 Å². The van der Waals surface area contributed by atoms with Gasteiger partial charge in [0.1, 0.15) is 8.96 Å². The Morgan fingerprint density at radius 2 is 1.53 bits per heavy atom. The maximum atomic E-state index is 3.00. The smallest absolute Gasteiger partial charge is 0.112 e. The molecule has 0 aromatic heterocycles. The van der Waals surface area contributed by atoms with Gasteiger partial charge < -0.3 is 4.57 Å². The number of rotatable bonds is 2. The summed E-state index contributed by atoms with van der Waals surface area (Å²) in [7, 11) is -0.481. The molecule has 88 valence electrons. The van der Waals surface area contributed by atoms with Crippen LogP contribution in [0.5, 0.6) is 0 Å². The minimum absolute atomic E-state index is 0.444. The van der Waals surface area contributed by atoms with E-state index in [0.29, 0.717) is 5.54 Å². The molecule has 2 heteroatoms. The van der Waals surface area contributed by atoms with E-state index in [1.54, 1.807) is 12.1 Å². The summed E-state index contributed by atoms with van der Waals surface area (Å²) in [6, 6.07) is 4.14. The van der Waals surface area contributed by atoms with Crippen molar-refractivity contribution < 1.29 is 0 Å². The van der Waals surface area contributed by atoms with Gasteiger partial charge in [-0.15, -0.1) is 0 Å². The van der Waals surface area contributed by atoms with Crippen molar-refractivity contribution in [2.24, 2.45) is 0 Å². The van der Waals surface area contributed by atoms with Gasteiger partial charge in [0.05, 0.1) is 0 Å². The van der Waals surface area contributed by atoms with E-state index in [4.69, 9.17) is 0 Å². The van der Waals surface area contributed by atoms with E-state index in [0.717, 1.165) is 6.04 Å². The third kappa shape index (κ3) is 2.65. The highest BCUT2D eigenvalue weighted by Gasteiger charge is 2.38. The third-order valence-corrected chi connectivity index (χ3v) is 8.34. The number of nitrogens with zero attached hydrogens (tertiary/aromatic N) is 1. The lowest BCUT2D eigenvalue weighted by molar-refractivity contribution is 0.145. The van der Waals surface area contributed by atoms with Crippen LogP contribution in [-0.2, 0) is 0 Å². The van der Waals surface area contributed by atoms with E-state index in [1.165, 1.54) is 38.5 Å². The van der Waals surface area contributed by atoms with E-state index in [-0.39, 0.29) is 0 Å². The van der Waals surface area contributed by atoms with Gasteiger partial charge in [-0.1, -0.05) is 25.7 Å². The Morgan fingerprint density at radius 3 is 1.93 bits per heavy atom. The Balaban J connectivity index is 2.03. The molecule has 0 amide bonds. The molecule has 0 radical (unpaired) electrons. The maximum absolute atomic E-state index is 3.00. The minimum atomic E-state index is -0.481. The molecule has 1 nitrogen and oxygen atoms in total. The summed E-state index contributed by atoms with van der Waals surface area (Å²) in [5.74, 6) is 0. The zero-order chi connectivity index (χ0) is 10.9. The Hall–Kier alpha value is 0.177. The van der Waals surface area contributed by atoms with Gasteiger partial charge in [-0.2, -0.15) is 0 Å². The molecule has 1 heterocycles. The third-order valence-electron chi connectivity index (χ3n) is 4.21. The van der Waals surface area contributed by atoms with Crippen molar-refractivity contribution in [1.82, 2.24) is 4.57 Å². The van der Waals surface area contributed by atoms with Crippen molar-refractivity contribution in [2.45, 2.75) is 83.0 Å². The van der Waals surface area contributed by atoms with Crippen molar-refractivity contribution in [3.05, 3.63) is 0 Å². The van der Waals surface area contributed by atoms with E-state index < -0.39 is 8.96 Å². The van der Waals surface area contributed by atoms with Gasteiger partial charge >= 0.3 is 0 Å². The van der Waals surface area contributed by atoms with Crippen LogP contribution in [0.2, 0.25) is 12.1 Å². The van der Waals surface area contributed by atoms with Crippen molar-refractivity contribution in [2.75, 3.05) is 0 Å². The predicted octanol–water partition coefficient (Wildman–Crippen LogP) is 3.55. The average Bonchev–Trinajstić information content (AvgIpc) is 2.10. The molecule has 2 aliphatic rings. The lowest BCUT2D eigenvalue weighted by Crippen LogP contribution is -2.58. The first-order valence-electron chi connectivity index (χ1n) is 6.87. The Labute approximate surface area is 96.9 Å². The highest BCUT2D eigenvalue weighted by molar-refractivity contribution is 6.59. The highest BCUT2D eigenvalue weighted by atomic mass is 28.3. The normalized spacial score (nSPS) is 25.6. The first-order valence-corrected chi connectivity index (χ1v) is 9.02. The Kier molecular flexibility index (Phi) is 3.56. The molecular formula is C13H27NSi. The van der Waals surface area contributed by atoms with Gasteiger partial charge in [-0.05, 0) is 45.7 Å². The largest absolute Gasteiger partial charge is 0.319 e. The Morgan fingerprint density at radius 1 is 0.933 bits per heavy atom. The molecule has 0 N–H and O–H groups in total. The van der Waals surface area contributed by atoms with Gasteiger partial charge in [-0.3, -0.25) is 0 Å². The molecule has 1 aliphatic carbocycles. The van der Waals surface area contributed by atoms with Gasteiger partial charge in [0.2, 0.25) is 0 Å². The van der Waals surface area contributed by atoms with Crippen LogP contribution in [-0.4, -0.2) is 25.1 Å². The van der Waals surface area contributed by atoms with Gasteiger partial charge in [-0.25, -0.2) is 0 Å². The summed E-state index contributed by atoms with van der Waals surface area (Å²) in [5.41, 5.74) is 0.444. The molecule has 1 aliphatic heterocycles. The van der Waals surface area contributed by atoms with E-state index in [2.05, 4.69) is 25.3 Å². The van der Waals surface area contributed by atoms with Gasteiger partial charge in [0, 0.05) is 11.6 Å². The van der Waals surface area contributed by atoms with Crippen LogP contribution in [0, 0.1) is 0 Å². The second kappa shape index (κ2) is 4.58. The number of hydrogen-bond donors (Lipinski definition) is 0. The van der Waals surface area contributed by atoms with Crippen LogP contribution >= 0.6 is 0 Å². The fraction of sp³-hybridized carbons (Fsp3) is 1.00. The molecule has 2 rings (SSSR count). The molecule has 0 spiro atoms. The van der Waals surface area contributed by atoms with E-state index in [9.17, 15) is 0 Å². The molecule has 0 atom stereocenters. The summed E-state index contributed by atoms with van der Waals surface area (Å²) in [4.78, 5) is 0. The van der Waals surface area contributed by atoms with Crippen molar-refractivity contribution >= 4 is 8.96 Å². The number of hydrogen-bond acceptors (Lipinski definition) is 1. The van der Waals surface area contributed by atoms with Crippen LogP contribution in [0.3, 0.4) is 0 Å². The topological polar surface area (TPSA) is 3.24 Å². The second-order valence-electron chi connectivity index (χ2n) is 6.45. The van der Waals surface area contributed by atoms with Crippen LogP contribution in [0.4, 0.5) is 0 Å². The first kappa shape index (κ1) is 11.7. The van der Waals surface area contributed by atoms with Crippen molar-refractivity contribution in [1.29, 1.82) is 0 Å². The molecule has 0 aromatic rings. The van der Waals surface area contributed by atoms with Crippen LogP contribution in [0.25, 0.3) is 0 Å². The molecule has 1 saturated carbocycles. The Bertz CT molecular complexity index is 199. The SMILES string of the molecule is CC(C)(C)N(C1CCCCC1)[SiH]1CCC1. The monoisotopic (exact) mass is 225 g/mol.